The van der Waals surface area contributed by atoms with Crippen LogP contribution in [0, 0.1) is 5.92 Å². The lowest BCUT2D eigenvalue weighted by molar-refractivity contribution is -0.141. The van der Waals surface area contributed by atoms with Crippen LogP contribution in [0.5, 0.6) is 0 Å². The van der Waals surface area contributed by atoms with Crippen LogP contribution in [0.1, 0.15) is 72.1 Å². The van der Waals surface area contributed by atoms with E-state index in [9.17, 15) is 27.6 Å². The summed E-state index contributed by atoms with van der Waals surface area (Å²) in [6.45, 7) is 5.53. The van der Waals surface area contributed by atoms with Crippen molar-refractivity contribution in [2.75, 3.05) is 6.54 Å². The third-order valence-corrected chi connectivity index (χ3v) is 9.48. The van der Waals surface area contributed by atoms with Crippen molar-refractivity contribution in [2.24, 2.45) is 5.92 Å². The maximum atomic E-state index is 13.7. The van der Waals surface area contributed by atoms with Crippen LogP contribution in [0.2, 0.25) is 0 Å². The van der Waals surface area contributed by atoms with Crippen LogP contribution in [0.25, 0.3) is 0 Å². The Bertz CT molecular complexity index is 1360. The molecule has 2 aliphatic heterocycles. The zero-order chi connectivity index (χ0) is 30.7. The number of allylic oxidation sites excluding steroid dienone is 1. The second kappa shape index (κ2) is 12.7. The number of benzene rings is 1. The molecule has 0 radical (unpaired) electrons. The Morgan fingerprint density at radius 1 is 1.12 bits per heavy atom. The molecule has 0 bridgehead atoms. The number of ether oxygens (including phenoxy) is 1. The SMILES string of the molecule is CC(C)(C)OC(=O)N[C@H]1CCCCC/C=C\[C@@H]2C[C@@]2(C(=O)NS(=O)(=O)c2cccc(Br)c2)NC(=O)[C@@H]2CCCN2C1=O. The summed E-state index contributed by atoms with van der Waals surface area (Å²) in [5.41, 5.74) is -2.20. The fourth-order valence-electron chi connectivity index (χ4n) is 5.45. The molecule has 13 heteroatoms. The highest BCUT2D eigenvalue weighted by Gasteiger charge is 2.61. The molecule has 4 atom stereocenters. The maximum Gasteiger partial charge on any atom is 0.408 e. The number of hydrogen-bond donors (Lipinski definition) is 3. The fourth-order valence-corrected chi connectivity index (χ4v) is 7.08. The van der Waals surface area contributed by atoms with Gasteiger partial charge in [0.05, 0.1) is 4.90 Å². The summed E-state index contributed by atoms with van der Waals surface area (Å²) in [7, 11) is -4.21. The van der Waals surface area contributed by atoms with E-state index in [1.54, 1.807) is 32.9 Å². The molecule has 0 unspecified atom stereocenters. The zero-order valence-electron chi connectivity index (χ0n) is 24.2. The van der Waals surface area contributed by atoms with E-state index in [0.29, 0.717) is 43.1 Å². The average Bonchev–Trinajstić information content (AvgIpc) is 3.35. The first kappa shape index (κ1) is 32.0. The largest absolute Gasteiger partial charge is 0.444 e. The summed E-state index contributed by atoms with van der Waals surface area (Å²) < 4.78 is 34.1. The molecule has 2 heterocycles. The van der Waals surface area contributed by atoms with Gasteiger partial charge in [0.2, 0.25) is 11.8 Å². The molecule has 1 aliphatic carbocycles. The van der Waals surface area contributed by atoms with E-state index in [4.69, 9.17) is 4.74 Å². The van der Waals surface area contributed by atoms with Crippen molar-refractivity contribution in [1.82, 2.24) is 20.3 Å². The van der Waals surface area contributed by atoms with Crippen molar-refractivity contribution in [2.45, 2.75) is 100 Å². The quantitative estimate of drug-likeness (QED) is 0.416. The van der Waals surface area contributed by atoms with Gasteiger partial charge < -0.3 is 20.3 Å². The Morgan fingerprint density at radius 3 is 2.60 bits per heavy atom. The van der Waals surface area contributed by atoms with Crippen molar-refractivity contribution < 1.29 is 32.3 Å². The van der Waals surface area contributed by atoms with Gasteiger partial charge in [-0.05, 0) is 77.5 Å². The summed E-state index contributed by atoms with van der Waals surface area (Å²) in [5.74, 6) is -2.13. The Morgan fingerprint density at radius 2 is 1.88 bits per heavy atom. The molecule has 2 fully saturated rings. The van der Waals surface area contributed by atoms with Gasteiger partial charge >= 0.3 is 6.09 Å². The van der Waals surface area contributed by atoms with E-state index < -0.39 is 57.1 Å². The predicted octanol–water partition coefficient (Wildman–Crippen LogP) is 3.53. The summed E-state index contributed by atoms with van der Waals surface area (Å²) in [4.78, 5) is 54.8. The van der Waals surface area contributed by atoms with Gasteiger partial charge in [-0.15, -0.1) is 0 Å². The number of nitrogens with one attached hydrogen (secondary N) is 3. The number of carbonyl (C=O) groups is 4. The highest BCUT2D eigenvalue weighted by atomic mass is 79.9. The lowest BCUT2D eigenvalue weighted by Crippen LogP contribution is -2.58. The molecule has 1 aromatic carbocycles. The van der Waals surface area contributed by atoms with Gasteiger partial charge in [-0.3, -0.25) is 14.4 Å². The summed E-state index contributed by atoms with van der Waals surface area (Å²) in [6.07, 6.45) is 7.72. The molecular formula is C29H39BrN4O7S. The van der Waals surface area contributed by atoms with E-state index in [2.05, 4.69) is 31.3 Å². The molecule has 3 N–H and O–H groups in total. The van der Waals surface area contributed by atoms with E-state index >= 15 is 0 Å². The standard InChI is InChI=1S/C29H39BrN4O7S/c1-28(2,3)41-27(38)31-22-14-8-6-4-5-7-11-19-18-29(19,32-24(35)23-15-10-16-34(23)25(22)36)26(37)33-42(39,40)21-13-9-12-20(30)17-21/h7,9,11-13,17,19,22-23H,4-6,8,10,14-16,18H2,1-3H3,(H,31,38)(H,32,35)(H,33,37)/b11-7-/t19-,22+,23+,29-/m1/s1. The Balaban J connectivity index is 1.56. The van der Waals surface area contributed by atoms with Gasteiger partial charge in [-0.2, -0.15) is 0 Å². The number of nitrogens with zero attached hydrogens (tertiary/aromatic N) is 1. The van der Waals surface area contributed by atoms with Crippen molar-refractivity contribution in [3.05, 3.63) is 40.9 Å². The molecule has 3 aliphatic rings. The number of sulfonamides is 1. The smallest absolute Gasteiger partial charge is 0.408 e. The minimum absolute atomic E-state index is 0.0890. The van der Waals surface area contributed by atoms with E-state index in [1.807, 2.05) is 12.2 Å². The Hall–Kier alpha value is -2.93. The van der Waals surface area contributed by atoms with E-state index in [0.717, 1.165) is 12.8 Å². The van der Waals surface area contributed by atoms with Gasteiger partial charge in [0.15, 0.2) is 0 Å². The summed E-state index contributed by atoms with van der Waals surface area (Å²) >= 11 is 3.25. The number of carbonyl (C=O) groups excluding carboxylic acids is 4. The van der Waals surface area contributed by atoms with Crippen LogP contribution in [0.4, 0.5) is 4.79 Å². The highest BCUT2D eigenvalue weighted by molar-refractivity contribution is 9.10. The van der Waals surface area contributed by atoms with Crippen LogP contribution >= 0.6 is 15.9 Å². The van der Waals surface area contributed by atoms with Crippen LogP contribution in [-0.2, 0) is 29.1 Å². The zero-order valence-corrected chi connectivity index (χ0v) is 26.6. The first-order chi connectivity index (χ1) is 19.7. The minimum Gasteiger partial charge on any atom is -0.444 e. The average molecular weight is 668 g/mol. The van der Waals surface area contributed by atoms with Crippen molar-refractivity contribution >= 4 is 49.8 Å². The second-order valence-electron chi connectivity index (χ2n) is 12.1. The second-order valence-corrected chi connectivity index (χ2v) is 14.7. The third kappa shape index (κ3) is 7.71. The number of hydrogen-bond acceptors (Lipinski definition) is 7. The number of amides is 4. The van der Waals surface area contributed by atoms with Gasteiger partial charge in [-0.1, -0.05) is 47.0 Å². The van der Waals surface area contributed by atoms with Gasteiger partial charge in [0.1, 0.15) is 23.2 Å². The van der Waals surface area contributed by atoms with Crippen LogP contribution in [0.3, 0.4) is 0 Å². The molecule has 1 aromatic rings. The number of fused-ring (bicyclic) bond motifs is 2. The molecule has 4 amide bonds. The predicted molar refractivity (Wildman–Crippen MR) is 159 cm³/mol. The van der Waals surface area contributed by atoms with Crippen LogP contribution < -0.4 is 15.4 Å². The van der Waals surface area contributed by atoms with Crippen LogP contribution in [0.15, 0.2) is 45.8 Å². The molecule has 230 valence electrons. The summed E-state index contributed by atoms with van der Waals surface area (Å²) in [6, 6.07) is 4.26. The molecule has 0 spiro atoms. The van der Waals surface area contributed by atoms with Crippen molar-refractivity contribution in [3.63, 3.8) is 0 Å². The molecular weight excluding hydrogens is 628 g/mol. The van der Waals surface area contributed by atoms with E-state index in [-0.39, 0.29) is 17.2 Å². The van der Waals surface area contributed by atoms with Gasteiger partial charge in [0.25, 0.3) is 15.9 Å². The monoisotopic (exact) mass is 666 g/mol. The Labute approximate surface area is 255 Å². The highest BCUT2D eigenvalue weighted by Crippen LogP contribution is 2.45. The number of halogens is 1. The Kier molecular flexibility index (Phi) is 9.71. The first-order valence-corrected chi connectivity index (χ1v) is 16.6. The fraction of sp³-hybridized carbons (Fsp3) is 0.586. The third-order valence-electron chi connectivity index (χ3n) is 7.66. The molecule has 42 heavy (non-hydrogen) atoms. The minimum atomic E-state index is -4.21. The molecule has 4 rings (SSSR count). The van der Waals surface area contributed by atoms with Crippen LogP contribution in [-0.4, -0.2) is 66.9 Å². The van der Waals surface area contributed by atoms with Gasteiger partial charge in [-0.25, -0.2) is 17.9 Å². The van der Waals surface area contributed by atoms with Crippen molar-refractivity contribution in [3.8, 4) is 0 Å². The van der Waals surface area contributed by atoms with Crippen molar-refractivity contribution in [1.29, 1.82) is 0 Å². The summed E-state index contributed by atoms with van der Waals surface area (Å²) in [5, 5.41) is 5.52. The first-order valence-electron chi connectivity index (χ1n) is 14.3. The number of rotatable bonds is 4. The lowest BCUT2D eigenvalue weighted by atomic mass is 10.0. The molecule has 0 aromatic heterocycles. The lowest BCUT2D eigenvalue weighted by Gasteiger charge is -2.30. The normalized spacial score (nSPS) is 27.8. The molecule has 1 saturated carbocycles. The maximum absolute atomic E-state index is 13.7. The van der Waals surface area contributed by atoms with Gasteiger partial charge in [0, 0.05) is 16.9 Å². The van der Waals surface area contributed by atoms with E-state index in [1.165, 1.54) is 17.0 Å². The number of alkyl carbamates (subject to hydrolysis) is 1. The molecule has 1 saturated heterocycles. The topological polar surface area (TPSA) is 151 Å². The molecule has 11 nitrogen and oxygen atoms in total.